The van der Waals surface area contributed by atoms with Gasteiger partial charge in [-0.05, 0) is 41.7 Å². The van der Waals surface area contributed by atoms with Gasteiger partial charge in [0.25, 0.3) is 5.91 Å². The molecule has 3 aromatic carbocycles. The van der Waals surface area contributed by atoms with Gasteiger partial charge < -0.3 is 10.1 Å². The Morgan fingerprint density at radius 1 is 0.889 bits per heavy atom. The maximum absolute atomic E-state index is 12.4. The summed E-state index contributed by atoms with van der Waals surface area (Å²) in [6.07, 6.45) is 1.65. The zero-order chi connectivity index (χ0) is 19.1. The van der Waals surface area contributed by atoms with E-state index in [0.717, 1.165) is 41.0 Å². The van der Waals surface area contributed by atoms with Gasteiger partial charge in [0, 0.05) is 12.1 Å². The van der Waals surface area contributed by atoms with Crippen LogP contribution in [0, 0.1) is 6.92 Å². The zero-order valence-electron chi connectivity index (χ0n) is 15.9. The molecule has 0 saturated heterocycles. The normalized spacial score (nSPS) is 10.4. The average molecular weight is 359 g/mol. The van der Waals surface area contributed by atoms with Gasteiger partial charge in [0.05, 0.1) is 0 Å². The molecular formula is C24H25NO2. The summed E-state index contributed by atoms with van der Waals surface area (Å²) in [5.41, 5.74) is 5.37. The molecule has 0 radical (unpaired) electrons. The Balaban J connectivity index is 1.66. The first kappa shape index (κ1) is 18.7. The number of carbonyl (C=O) groups is 1. The SMILES string of the molecule is CCc1cccc(C)c1NC(=O)COc1ccccc1Cc1ccccc1. The van der Waals surface area contributed by atoms with Crippen LogP contribution in [0.15, 0.2) is 72.8 Å². The van der Waals surface area contributed by atoms with E-state index in [-0.39, 0.29) is 12.5 Å². The molecule has 0 atom stereocenters. The summed E-state index contributed by atoms with van der Waals surface area (Å²) in [5.74, 6) is 0.602. The number of nitrogens with one attached hydrogen (secondary N) is 1. The smallest absolute Gasteiger partial charge is 0.262 e. The van der Waals surface area contributed by atoms with Crippen LogP contribution >= 0.6 is 0 Å². The molecule has 1 amide bonds. The van der Waals surface area contributed by atoms with Crippen molar-refractivity contribution in [2.45, 2.75) is 26.7 Å². The third-order valence-corrected chi connectivity index (χ3v) is 4.57. The van der Waals surface area contributed by atoms with Gasteiger partial charge in [-0.2, -0.15) is 0 Å². The molecule has 3 nitrogen and oxygen atoms in total. The molecule has 0 fully saturated rings. The van der Waals surface area contributed by atoms with E-state index in [4.69, 9.17) is 4.74 Å². The van der Waals surface area contributed by atoms with Crippen molar-refractivity contribution in [3.8, 4) is 5.75 Å². The maximum atomic E-state index is 12.4. The zero-order valence-corrected chi connectivity index (χ0v) is 15.9. The number of aryl methyl sites for hydroxylation is 2. The van der Waals surface area contributed by atoms with Gasteiger partial charge in [0.15, 0.2) is 6.61 Å². The lowest BCUT2D eigenvalue weighted by Crippen LogP contribution is -2.21. The van der Waals surface area contributed by atoms with Crippen LogP contribution in [-0.4, -0.2) is 12.5 Å². The topological polar surface area (TPSA) is 38.3 Å². The Morgan fingerprint density at radius 2 is 1.59 bits per heavy atom. The minimum atomic E-state index is -0.145. The molecule has 0 aliphatic heterocycles. The van der Waals surface area contributed by atoms with Crippen LogP contribution in [0.2, 0.25) is 0 Å². The van der Waals surface area contributed by atoms with E-state index in [9.17, 15) is 4.79 Å². The summed E-state index contributed by atoms with van der Waals surface area (Å²) >= 11 is 0. The molecule has 0 saturated carbocycles. The van der Waals surface area contributed by atoms with Crippen LogP contribution < -0.4 is 10.1 Å². The van der Waals surface area contributed by atoms with Gasteiger partial charge in [0.2, 0.25) is 0 Å². The van der Waals surface area contributed by atoms with Crippen molar-refractivity contribution in [1.29, 1.82) is 0 Å². The lowest BCUT2D eigenvalue weighted by atomic mass is 10.0. The monoisotopic (exact) mass is 359 g/mol. The number of para-hydroxylation sites is 2. The van der Waals surface area contributed by atoms with Gasteiger partial charge in [-0.1, -0.05) is 73.7 Å². The van der Waals surface area contributed by atoms with Crippen molar-refractivity contribution in [2.24, 2.45) is 0 Å². The van der Waals surface area contributed by atoms with Crippen molar-refractivity contribution in [3.05, 3.63) is 95.1 Å². The molecule has 0 aliphatic rings. The molecule has 0 aromatic heterocycles. The van der Waals surface area contributed by atoms with Gasteiger partial charge in [-0.15, -0.1) is 0 Å². The Hall–Kier alpha value is -3.07. The van der Waals surface area contributed by atoms with Gasteiger partial charge >= 0.3 is 0 Å². The van der Waals surface area contributed by atoms with Crippen LogP contribution in [-0.2, 0) is 17.6 Å². The third-order valence-electron chi connectivity index (χ3n) is 4.57. The molecule has 0 heterocycles. The second-order valence-electron chi connectivity index (χ2n) is 6.57. The second-order valence-corrected chi connectivity index (χ2v) is 6.57. The first-order valence-electron chi connectivity index (χ1n) is 9.30. The predicted octanol–water partition coefficient (Wildman–Crippen LogP) is 5.17. The quantitative estimate of drug-likeness (QED) is 0.632. The summed E-state index contributed by atoms with van der Waals surface area (Å²) in [5, 5.41) is 3.01. The highest BCUT2D eigenvalue weighted by molar-refractivity contribution is 5.93. The number of hydrogen-bond donors (Lipinski definition) is 1. The van der Waals surface area contributed by atoms with Crippen molar-refractivity contribution in [3.63, 3.8) is 0 Å². The van der Waals surface area contributed by atoms with Crippen molar-refractivity contribution in [2.75, 3.05) is 11.9 Å². The average Bonchev–Trinajstić information content (AvgIpc) is 2.69. The Bertz CT molecular complexity index is 903. The summed E-state index contributed by atoms with van der Waals surface area (Å²) < 4.78 is 5.84. The highest BCUT2D eigenvalue weighted by Crippen LogP contribution is 2.23. The Kier molecular flexibility index (Phi) is 6.26. The molecule has 0 aliphatic carbocycles. The number of amides is 1. The summed E-state index contributed by atoms with van der Waals surface area (Å²) in [7, 11) is 0. The standard InChI is InChI=1S/C24H25NO2/c1-3-20-14-9-10-18(2)24(20)25-23(26)17-27-22-15-8-7-13-21(22)16-19-11-5-4-6-12-19/h4-15H,3,16-17H2,1-2H3,(H,25,26). The molecule has 0 unspecified atom stereocenters. The fourth-order valence-electron chi connectivity index (χ4n) is 3.13. The highest BCUT2D eigenvalue weighted by atomic mass is 16.5. The number of anilines is 1. The van der Waals surface area contributed by atoms with Crippen molar-refractivity contribution in [1.82, 2.24) is 0 Å². The van der Waals surface area contributed by atoms with E-state index < -0.39 is 0 Å². The molecule has 1 N–H and O–H groups in total. The minimum Gasteiger partial charge on any atom is -0.483 e. The van der Waals surface area contributed by atoms with Crippen molar-refractivity contribution < 1.29 is 9.53 Å². The molecule has 3 rings (SSSR count). The number of benzene rings is 3. The van der Waals surface area contributed by atoms with E-state index in [0.29, 0.717) is 0 Å². The van der Waals surface area contributed by atoms with Crippen LogP contribution in [0.5, 0.6) is 5.75 Å². The fraction of sp³-hybridized carbons (Fsp3) is 0.208. The number of rotatable bonds is 7. The summed E-state index contributed by atoms with van der Waals surface area (Å²) in [6.45, 7) is 4.08. The fourth-order valence-corrected chi connectivity index (χ4v) is 3.13. The van der Waals surface area contributed by atoms with Gasteiger partial charge in [-0.25, -0.2) is 0 Å². The first-order chi connectivity index (χ1) is 13.2. The van der Waals surface area contributed by atoms with E-state index in [1.54, 1.807) is 0 Å². The van der Waals surface area contributed by atoms with Crippen LogP contribution in [0.3, 0.4) is 0 Å². The highest BCUT2D eigenvalue weighted by Gasteiger charge is 2.11. The predicted molar refractivity (Wildman–Crippen MR) is 110 cm³/mol. The largest absolute Gasteiger partial charge is 0.483 e. The van der Waals surface area contributed by atoms with E-state index in [1.165, 1.54) is 5.56 Å². The number of ether oxygens (including phenoxy) is 1. The Labute approximate surface area is 161 Å². The summed E-state index contributed by atoms with van der Waals surface area (Å²) in [4.78, 5) is 12.4. The van der Waals surface area contributed by atoms with Crippen LogP contribution in [0.1, 0.15) is 29.2 Å². The van der Waals surface area contributed by atoms with Gasteiger partial charge in [0.1, 0.15) is 5.75 Å². The molecule has 3 aromatic rings. The molecule has 3 heteroatoms. The molecule has 0 bridgehead atoms. The van der Waals surface area contributed by atoms with Crippen LogP contribution in [0.4, 0.5) is 5.69 Å². The molecule has 27 heavy (non-hydrogen) atoms. The number of hydrogen-bond acceptors (Lipinski definition) is 2. The molecule has 138 valence electrons. The van der Waals surface area contributed by atoms with Crippen molar-refractivity contribution >= 4 is 11.6 Å². The Morgan fingerprint density at radius 3 is 2.37 bits per heavy atom. The second kappa shape index (κ2) is 9.04. The van der Waals surface area contributed by atoms with E-state index in [2.05, 4.69) is 24.4 Å². The third kappa shape index (κ3) is 4.98. The first-order valence-corrected chi connectivity index (χ1v) is 9.30. The lowest BCUT2D eigenvalue weighted by Gasteiger charge is -2.14. The number of carbonyl (C=O) groups excluding carboxylic acids is 1. The van der Waals surface area contributed by atoms with E-state index in [1.807, 2.05) is 67.6 Å². The maximum Gasteiger partial charge on any atom is 0.262 e. The lowest BCUT2D eigenvalue weighted by molar-refractivity contribution is -0.118. The minimum absolute atomic E-state index is 0.0106. The van der Waals surface area contributed by atoms with E-state index >= 15 is 0 Å². The van der Waals surface area contributed by atoms with Crippen LogP contribution in [0.25, 0.3) is 0 Å². The summed E-state index contributed by atoms with van der Waals surface area (Å²) in [6, 6.07) is 24.2. The molecule has 0 spiro atoms. The van der Waals surface area contributed by atoms with Gasteiger partial charge in [-0.3, -0.25) is 4.79 Å². The molecular weight excluding hydrogens is 334 g/mol.